The zero-order chi connectivity index (χ0) is 12.7. The van der Waals surface area contributed by atoms with E-state index in [0.29, 0.717) is 0 Å². The molecule has 1 aromatic carbocycles. The Morgan fingerprint density at radius 1 is 1.33 bits per heavy atom. The third-order valence-electron chi connectivity index (χ3n) is 4.80. The van der Waals surface area contributed by atoms with Crippen molar-refractivity contribution in [3.63, 3.8) is 0 Å². The van der Waals surface area contributed by atoms with Crippen molar-refractivity contribution < 1.29 is 0 Å². The first kappa shape index (κ1) is 13.4. The lowest BCUT2D eigenvalue weighted by molar-refractivity contribution is 0.296. The molecule has 1 nitrogen and oxygen atoms in total. The number of nitrogens with two attached hydrogens (primary N) is 1. The van der Waals surface area contributed by atoms with Gasteiger partial charge in [0.2, 0.25) is 0 Å². The van der Waals surface area contributed by atoms with Gasteiger partial charge >= 0.3 is 0 Å². The Morgan fingerprint density at radius 3 is 2.83 bits per heavy atom. The van der Waals surface area contributed by atoms with Gasteiger partial charge in [0.05, 0.1) is 0 Å². The monoisotopic (exact) mass is 419 g/mol. The molecule has 3 rings (SSSR count). The largest absolute Gasteiger partial charge is 0.324 e. The van der Waals surface area contributed by atoms with Gasteiger partial charge in [-0.05, 0) is 89.8 Å². The minimum Gasteiger partial charge on any atom is -0.324 e. The lowest BCUT2D eigenvalue weighted by Gasteiger charge is -2.25. The van der Waals surface area contributed by atoms with E-state index in [0.717, 1.165) is 22.2 Å². The molecule has 0 saturated heterocycles. The quantitative estimate of drug-likeness (QED) is 0.694. The Balaban J connectivity index is 1.71. The number of fused-ring (bicyclic) bond motifs is 2. The second kappa shape index (κ2) is 5.41. The molecule has 2 bridgehead atoms. The summed E-state index contributed by atoms with van der Waals surface area (Å²) in [6, 6.07) is 6.65. The van der Waals surface area contributed by atoms with Crippen molar-refractivity contribution in [3.8, 4) is 0 Å². The van der Waals surface area contributed by atoms with Crippen molar-refractivity contribution in [3.05, 3.63) is 31.8 Å². The van der Waals surface area contributed by atoms with Crippen LogP contribution < -0.4 is 5.73 Å². The molecule has 0 spiro atoms. The molecule has 0 heterocycles. The summed E-state index contributed by atoms with van der Waals surface area (Å²) in [5.74, 6) is 2.88. The lowest BCUT2D eigenvalue weighted by Crippen LogP contribution is -2.20. The minimum absolute atomic E-state index is 0.207. The molecular weight excluding hydrogens is 401 g/mol. The van der Waals surface area contributed by atoms with E-state index in [2.05, 4.69) is 56.7 Å². The van der Waals surface area contributed by atoms with Gasteiger partial charge in [0, 0.05) is 14.1 Å². The molecule has 2 fully saturated rings. The zero-order valence-corrected chi connectivity index (χ0v) is 14.2. The average molecular weight is 420 g/mol. The summed E-state index contributed by atoms with van der Waals surface area (Å²) in [4.78, 5) is 0. The molecule has 3 heteroatoms. The molecule has 98 valence electrons. The van der Waals surface area contributed by atoms with Gasteiger partial charge in [-0.2, -0.15) is 0 Å². The molecule has 2 saturated carbocycles. The Labute approximate surface area is 131 Å². The number of hydrogen-bond donors (Lipinski definition) is 1. The maximum Gasteiger partial charge on any atom is 0.0308 e. The molecule has 4 unspecified atom stereocenters. The topological polar surface area (TPSA) is 26.0 Å². The molecule has 4 atom stereocenters. The summed E-state index contributed by atoms with van der Waals surface area (Å²) in [6.07, 6.45) is 7.02. The summed E-state index contributed by atoms with van der Waals surface area (Å²) < 4.78 is 2.44. The van der Waals surface area contributed by atoms with Crippen LogP contribution in [-0.4, -0.2) is 0 Å². The third kappa shape index (κ3) is 2.63. The maximum absolute atomic E-state index is 6.45. The summed E-state index contributed by atoms with van der Waals surface area (Å²) in [7, 11) is 0. The molecule has 1 aromatic rings. The van der Waals surface area contributed by atoms with Gasteiger partial charge in [-0.25, -0.2) is 0 Å². The van der Waals surface area contributed by atoms with Crippen molar-refractivity contribution >= 4 is 38.5 Å². The molecule has 18 heavy (non-hydrogen) atoms. The van der Waals surface area contributed by atoms with Crippen molar-refractivity contribution in [1.29, 1.82) is 0 Å². The van der Waals surface area contributed by atoms with Gasteiger partial charge in [-0.3, -0.25) is 0 Å². The highest BCUT2D eigenvalue weighted by molar-refractivity contribution is 14.1. The summed E-state index contributed by atoms with van der Waals surface area (Å²) in [5.41, 5.74) is 7.76. The van der Waals surface area contributed by atoms with Crippen molar-refractivity contribution in [2.75, 3.05) is 0 Å². The molecule has 2 N–H and O–H groups in total. The van der Waals surface area contributed by atoms with Gasteiger partial charge in [-0.15, -0.1) is 0 Å². The van der Waals surface area contributed by atoms with E-state index < -0.39 is 0 Å². The molecular formula is C15H19BrIN. The fourth-order valence-electron chi connectivity index (χ4n) is 3.92. The van der Waals surface area contributed by atoms with Gasteiger partial charge in [-0.1, -0.05) is 22.4 Å². The Bertz CT molecular complexity index is 448. The van der Waals surface area contributed by atoms with Crippen LogP contribution in [0.15, 0.2) is 22.7 Å². The van der Waals surface area contributed by atoms with Crippen LogP contribution in [0, 0.1) is 21.3 Å². The number of hydrogen-bond acceptors (Lipinski definition) is 1. The van der Waals surface area contributed by atoms with Gasteiger partial charge < -0.3 is 5.73 Å². The van der Waals surface area contributed by atoms with E-state index in [4.69, 9.17) is 5.73 Å². The van der Waals surface area contributed by atoms with Crippen LogP contribution in [0.25, 0.3) is 0 Å². The normalized spacial score (nSPS) is 31.8. The standard InChI is InChI=1S/C15H19BrIN/c16-12-3-4-14(17)13(8-12)15(18)7-11-6-9-1-2-10(11)5-9/h3-4,8-11,15H,1-2,5-7,18H2. The highest BCUT2D eigenvalue weighted by atomic mass is 127. The predicted octanol–water partition coefficient (Wildman–Crippen LogP) is 4.88. The first-order chi connectivity index (χ1) is 8.63. The van der Waals surface area contributed by atoms with Crippen LogP contribution in [0.2, 0.25) is 0 Å². The fraction of sp³-hybridized carbons (Fsp3) is 0.600. The van der Waals surface area contributed by atoms with E-state index in [-0.39, 0.29) is 6.04 Å². The second-order valence-corrected chi connectivity index (χ2v) is 8.02. The smallest absolute Gasteiger partial charge is 0.0308 e. The molecule has 0 aliphatic heterocycles. The van der Waals surface area contributed by atoms with Crippen molar-refractivity contribution in [1.82, 2.24) is 0 Å². The lowest BCUT2D eigenvalue weighted by atomic mass is 9.83. The molecule has 2 aliphatic carbocycles. The van der Waals surface area contributed by atoms with Crippen LogP contribution in [0.1, 0.15) is 43.7 Å². The Hall–Kier alpha value is 0.390. The van der Waals surface area contributed by atoms with Gasteiger partial charge in [0.1, 0.15) is 0 Å². The highest BCUT2D eigenvalue weighted by Crippen LogP contribution is 2.50. The first-order valence-corrected chi connectivity index (χ1v) is 8.71. The fourth-order valence-corrected chi connectivity index (χ4v) is 5.03. The van der Waals surface area contributed by atoms with Crippen LogP contribution in [0.3, 0.4) is 0 Å². The van der Waals surface area contributed by atoms with E-state index in [9.17, 15) is 0 Å². The summed E-state index contributed by atoms with van der Waals surface area (Å²) in [6.45, 7) is 0. The average Bonchev–Trinajstić information content (AvgIpc) is 2.94. The van der Waals surface area contributed by atoms with Crippen LogP contribution in [0.5, 0.6) is 0 Å². The molecule has 0 aromatic heterocycles. The van der Waals surface area contributed by atoms with E-state index >= 15 is 0 Å². The first-order valence-electron chi connectivity index (χ1n) is 6.84. The number of rotatable bonds is 3. The van der Waals surface area contributed by atoms with Crippen molar-refractivity contribution in [2.45, 2.75) is 38.1 Å². The predicted molar refractivity (Wildman–Crippen MR) is 87.3 cm³/mol. The highest BCUT2D eigenvalue weighted by Gasteiger charge is 2.39. The molecule has 0 radical (unpaired) electrons. The summed E-state index contributed by atoms with van der Waals surface area (Å²) in [5, 5.41) is 0. The van der Waals surface area contributed by atoms with E-state index in [1.165, 1.54) is 41.2 Å². The Kier molecular flexibility index (Phi) is 4.02. The number of halogens is 2. The zero-order valence-electron chi connectivity index (χ0n) is 10.4. The second-order valence-electron chi connectivity index (χ2n) is 5.94. The van der Waals surface area contributed by atoms with Gasteiger partial charge in [0.15, 0.2) is 0 Å². The molecule has 2 aliphatic rings. The third-order valence-corrected chi connectivity index (χ3v) is 6.27. The Morgan fingerprint density at radius 2 is 2.17 bits per heavy atom. The SMILES string of the molecule is NC(CC1CC2CCC1C2)c1cc(Br)ccc1I. The van der Waals surface area contributed by atoms with Crippen LogP contribution in [-0.2, 0) is 0 Å². The van der Waals surface area contributed by atoms with Gasteiger partial charge in [0.25, 0.3) is 0 Å². The van der Waals surface area contributed by atoms with Crippen LogP contribution in [0.4, 0.5) is 0 Å². The van der Waals surface area contributed by atoms with E-state index in [1.54, 1.807) is 0 Å². The maximum atomic E-state index is 6.45. The van der Waals surface area contributed by atoms with Crippen LogP contribution >= 0.6 is 38.5 Å². The van der Waals surface area contributed by atoms with E-state index in [1.807, 2.05) is 0 Å². The summed E-state index contributed by atoms with van der Waals surface area (Å²) >= 11 is 5.95. The van der Waals surface area contributed by atoms with Crippen molar-refractivity contribution in [2.24, 2.45) is 23.5 Å². The minimum atomic E-state index is 0.207. The number of benzene rings is 1. The molecule has 0 amide bonds.